The summed E-state index contributed by atoms with van der Waals surface area (Å²) in [5.74, 6) is -0.404. The highest BCUT2D eigenvalue weighted by Gasteiger charge is 2.38. The summed E-state index contributed by atoms with van der Waals surface area (Å²) >= 11 is 5.88. The van der Waals surface area contributed by atoms with Crippen LogP contribution in [0.4, 0.5) is 24.8 Å². The van der Waals surface area contributed by atoms with E-state index in [1.165, 1.54) is 18.3 Å². The molecular weight excluding hydrogens is 431 g/mol. The Labute approximate surface area is 184 Å². The number of hydrogen-bond donors (Lipinski definition) is 2. The van der Waals surface area contributed by atoms with Crippen LogP contribution in [0.25, 0.3) is 0 Å². The minimum atomic E-state index is -4.76. The molecule has 3 rings (SSSR count). The van der Waals surface area contributed by atoms with Gasteiger partial charge in [0.05, 0.1) is 16.1 Å². The lowest BCUT2D eigenvalue weighted by Gasteiger charge is -2.39. The van der Waals surface area contributed by atoms with E-state index in [4.69, 9.17) is 17.3 Å². The molecule has 0 aromatic carbocycles. The van der Waals surface area contributed by atoms with Crippen LogP contribution in [0.15, 0.2) is 24.4 Å². The number of halogens is 4. The molecule has 2 atom stereocenters. The van der Waals surface area contributed by atoms with E-state index in [-0.39, 0.29) is 28.5 Å². The molecule has 0 amide bonds. The summed E-state index contributed by atoms with van der Waals surface area (Å²) in [5, 5.41) is 3.60. The lowest BCUT2D eigenvalue weighted by atomic mass is 9.99. The average molecular weight is 456 g/mol. The zero-order chi connectivity index (χ0) is 22.9. The molecule has 2 aromatic heterocycles. The molecule has 0 bridgehead atoms. The van der Waals surface area contributed by atoms with Crippen molar-refractivity contribution in [3.8, 4) is 0 Å². The van der Waals surface area contributed by atoms with Crippen LogP contribution in [0, 0.1) is 5.92 Å². The fraction of sp³-hybridized carbons (Fsp3) is 0.476. The molecule has 10 heteroatoms. The van der Waals surface area contributed by atoms with E-state index in [0.717, 1.165) is 12.5 Å². The van der Waals surface area contributed by atoms with Crippen LogP contribution >= 0.6 is 11.6 Å². The maximum atomic E-state index is 13.7. The van der Waals surface area contributed by atoms with Crippen molar-refractivity contribution in [2.75, 3.05) is 23.7 Å². The second-order valence-corrected chi connectivity index (χ2v) is 8.71. The van der Waals surface area contributed by atoms with Crippen molar-refractivity contribution in [2.45, 2.75) is 45.5 Å². The predicted molar refractivity (Wildman–Crippen MR) is 114 cm³/mol. The third-order valence-corrected chi connectivity index (χ3v) is 5.27. The van der Waals surface area contributed by atoms with E-state index in [0.29, 0.717) is 24.8 Å². The average Bonchev–Trinajstić information content (AvgIpc) is 2.67. The Morgan fingerprint density at radius 1 is 1.35 bits per heavy atom. The van der Waals surface area contributed by atoms with E-state index < -0.39 is 23.2 Å². The number of carbonyl (C=O) groups excluding carboxylic acids is 1. The number of alkyl halides is 3. The van der Waals surface area contributed by atoms with Crippen LogP contribution in [-0.4, -0.2) is 40.9 Å². The Morgan fingerprint density at radius 2 is 2.06 bits per heavy atom. The minimum absolute atomic E-state index is 0.0923. The largest absolute Gasteiger partial charge is 0.418 e. The normalized spacial score (nSPS) is 19.7. The summed E-state index contributed by atoms with van der Waals surface area (Å²) in [7, 11) is 0. The summed E-state index contributed by atoms with van der Waals surface area (Å²) in [6, 6.07) is 3.69. The quantitative estimate of drug-likeness (QED) is 0.658. The van der Waals surface area contributed by atoms with Gasteiger partial charge in [0.15, 0.2) is 0 Å². The number of pyridine rings is 2. The van der Waals surface area contributed by atoms with Crippen molar-refractivity contribution in [1.29, 1.82) is 0 Å². The van der Waals surface area contributed by atoms with Crippen molar-refractivity contribution in [2.24, 2.45) is 5.92 Å². The van der Waals surface area contributed by atoms with E-state index in [1.807, 2.05) is 11.8 Å². The zero-order valence-corrected chi connectivity index (χ0v) is 18.3. The summed E-state index contributed by atoms with van der Waals surface area (Å²) < 4.78 is 41.0. The molecule has 2 aromatic rings. The molecule has 3 heterocycles. The van der Waals surface area contributed by atoms with Gasteiger partial charge < -0.3 is 16.0 Å². The smallest absolute Gasteiger partial charge is 0.383 e. The molecular formula is C21H25ClF3N5O. The van der Waals surface area contributed by atoms with E-state index in [1.54, 1.807) is 0 Å². The lowest BCUT2D eigenvalue weighted by Crippen LogP contribution is -2.56. The van der Waals surface area contributed by atoms with Crippen LogP contribution in [-0.2, 0) is 6.18 Å². The number of carbonyl (C=O) groups is 1. The molecule has 168 valence electrons. The Kier molecular flexibility index (Phi) is 6.76. The van der Waals surface area contributed by atoms with Gasteiger partial charge in [0.25, 0.3) is 0 Å². The van der Waals surface area contributed by atoms with Crippen molar-refractivity contribution in [3.05, 3.63) is 46.2 Å². The maximum absolute atomic E-state index is 13.7. The van der Waals surface area contributed by atoms with Gasteiger partial charge in [-0.05, 0) is 37.5 Å². The molecule has 31 heavy (non-hydrogen) atoms. The number of nitrogens with two attached hydrogens (primary N) is 1. The number of nitrogens with one attached hydrogen (secondary N) is 1. The Morgan fingerprint density at radius 3 is 2.71 bits per heavy atom. The molecule has 3 N–H and O–H groups in total. The first kappa shape index (κ1) is 23.3. The highest BCUT2D eigenvalue weighted by molar-refractivity contribution is 6.31. The second kappa shape index (κ2) is 9.00. The van der Waals surface area contributed by atoms with Crippen LogP contribution < -0.4 is 16.0 Å². The SMILES string of the molecule is CC(C)C[C@H]1CN(c2ccc(C(F)(F)F)c(C(=O)c3cc(Cl)cnc3N)n2)C[C@H](C)N1. The van der Waals surface area contributed by atoms with Gasteiger partial charge in [-0.25, -0.2) is 9.97 Å². The van der Waals surface area contributed by atoms with Crippen molar-refractivity contribution in [3.63, 3.8) is 0 Å². The zero-order valence-electron chi connectivity index (χ0n) is 17.5. The molecule has 0 spiro atoms. The highest BCUT2D eigenvalue weighted by atomic mass is 35.5. The van der Waals surface area contributed by atoms with Crippen molar-refractivity contribution < 1.29 is 18.0 Å². The first-order valence-electron chi connectivity index (χ1n) is 10.0. The third-order valence-electron chi connectivity index (χ3n) is 5.07. The summed E-state index contributed by atoms with van der Waals surface area (Å²) in [5.41, 5.74) is 3.68. The van der Waals surface area contributed by atoms with Crippen LogP contribution in [0.1, 0.15) is 48.8 Å². The number of ketones is 1. The van der Waals surface area contributed by atoms with Gasteiger partial charge in [0, 0.05) is 31.4 Å². The van der Waals surface area contributed by atoms with Gasteiger partial charge >= 0.3 is 6.18 Å². The summed E-state index contributed by atoms with van der Waals surface area (Å²) in [6.07, 6.45) is -2.62. The molecule has 6 nitrogen and oxygen atoms in total. The predicted octanol–water partition coefficient (Wildman–Crippen LogP) is 4.17. The Hall–Kier alpha value is -2.39. The standard InChI is InChI=1S/C21H25ClF3N5O/c1-11(2)6-14-10-30(9-12(3)28-14)17-5-4-16(21(23,24)25)18(29-17)19(31)15-7-13(22)8-27-20(15)26/h4-5,7-8,11-12,14,28H,6,9-10H2,1-3H3,(H2,26,27)/t12-,14-/m0/s1. The first-order chi connectivity index (χ1) is 14.5. The van der Waals surface area contributed by atoms with Gasteiger partial charge in [-0.15, -0.1) is 0 Å². The van der Waals surface area contributed by atoms with Crippen molar-refractivity contribution in [1.82, 2.24) is 15.3 Å². The molecule has 1 aliphatic heterocycles. The molecule has 0 saturated carbocycles. The van der Waals surface area contributed by atoms with Crippen molar-refractivity contribution >= 4 is 29.0 Å². The number of nitrogen functional groups attached to an aromatic ring is 1. The number of anilines is 2. The maximum Gasteiger partial charge on any atom is 0.418 e. The van der Waals surface area contributed by atoms with Crippen LogP contribution in [0.3, 0.4) is 0 Å². The summed E-state index contributed by atoms with van der Waals surface area (Å²) in [6.45, 7) is 7.37. The third kappa shape index (κ3) is 5.46. The fourth-order valence-electron chi connectivity index (χ4n) is 3.86. The van der Waals surface area contributed by atoms with Gasteiger partial charge in [-0.1, -0.05) is 25.4 Å². The van der Waals surface area contributed by atoms with Gasteiger partial charge in [-0.3, -0.25) is 4.79 Å². The lowest BCUT2D eigenvalue weighted by molar-refractivity contribution is -0.138. The van der Waals surface area contributed by atoms with Gasteiger partial charge in [-0.2, -0.15) is 13.2 Å². The van der Waals surface area contributed by atoms with E-state index >= 15 is 0 Å². The van der Waals surface area contributed by atoms with Gasteiger partial charge in [0.1, 0.15) is 17.3 Å². The monoisotopic (exact) mass is 455 g/mol. The van der Waals surface area contributed by atoms with Gasteiger partial charge in [0.2, 0.25) is 5.78 Å². The number of hydrogen-bond acceptors (Lipinski definition) is 6. The first-order valence-corrected chi connectivity index (χ1v) is 10.4. The number of piperazine rings is 1. The molecule has 1 aliphatic rings. The van der Waals surface area contributed by atoms with Crippen LogP contribution in [0.5, 0.6) is 0 Å². The van der Waals surface area contributed by atoms with E-state index in [2.05, 4.69) is 29.1 Å². The Balaban J connectivity index is 2.03. The number of aromatic nitrogens is 2. The number of rotatable bonds is 5. The minimum Gasteiger partial charge on any atom is -0.383 e. The molecule has 1 saturated heterocycles. The number of nitrogens with zero attached hydrogens (tertiary/aromatic N) is 3. The highest BCUT2D eigenvalue weighted by Crippen LogP contribution is 2.34. The van der Waals surface area contributed by atoms with Crippen LogP contribution in [0.2, 0.25) is 5.02 Å². The molecule has 1 fully saturated rings. The van der Waals surface area contributed by atoms with E-state index in [9.17, 15) is 18.0 Å². The molecule has 0 aliphatic carbocycles. The second-order valence-electron chi connectivity index (χ2n) is 8.28. The fourth-order valence-corrected chi connectivity index (χ4v) is 4.02. The summed E-state index contributed by atoms with van der Waals surface area (Å²) in [4.78, 5) is 22.9. The molecule has 0 radical (unpaired) electrons. The Bertz CT molecular complexity index is 965. The topological polar surface area (TPSA) is 84.1 Å². The molecule has 0 unspecified atom stereocenters.